The van der Waals surface area contributed by atoms with E-state index in [9.17, 15) is 16.8 Å². The van der Waals surface area contributed by atoms with E-state index in [1.807, 2.05) is 0 Å². The van der Waals surface area contributed by atoms with Crippen molar-refractivity contribution in [3.63, 3.8) is 0 Å². The van der Waals surface area contributed by atoms with Gasteiger partial charge in [-0.15, -0.1) is 0 Å². The second-order valence-electron chi connectivity index (χ2n) is 5.18. The molecule has 0 bridgehead atoms. The van der Waals surface area contributed by atoms with E-state index in [2.05, 4.69) is 4.72 Å². The van der Waals surface area contributed by atoms with Crippen LogP contribution in [0.15, 0.2) is 29.2 Å². The van der Waals surface area contributed by atoms with Crippen molar-refractivity contribution in [2.24, 2.45) is 0 Å². The smallest absolute Gasteiger partial charge is 0.241 e. The van der Waals surface area contributed by atoms with E-state index in [-0.39, 0.29) is 22.8 Å². The fourth-order valence-electron chi connectivity index (χ4n) is 2.23. The van der Waals surface area contributed by atoms with Gasteiger partial charge in [-0.05, 0) is 37.6 Å². The molecule has 0 aliphatic carbocycles. The third-order valence-corrected chi connectivity index (χ3v) is 6.81. The lowest BCUT2D eigenvalue weighted by atomic mass is 10.0. The number of benzene rings is 1. The molecule has 1 aliphatic rings. The van der Waals surface area contributed by atoms with Gasteiger partial charge < -0.3 is 4.74 Å². The van der Waals surface area contributed by atoms with Gasteiger partial charge in [0.25, 0.3) is 0 Å². The van der Waals surface area contributed by atoms with E-state index in [1.54, 1.807) is 19.1 Å². The molecule has 1 atom stereocenters. The molecule has 0 amide bonds. The lowest BCUT2D eigenvalue weighted by molar-refractivity contribution is 0.414. The number of sulfone groups is 1. The first-order valence-electron chi connectivity index (χ1n) is 6.04. The monoisotopic (exact) mass is 319 g/mol. The van der Waals surface area contributed by atoms with Crippen LogP contribution in [0.1, 0.15) is 13.3 Å². The maximum absolute atomic E-state index is 12.3. The molecule has 1 aliphatic heterocycles. The number of rotatable bonds is 4. The molecule has 1 aromatic carbocycles. The normalized spacial score (nSPS) is 25.5. The average Bonchev–Trinajstić information content (AvgIpc) is 2.62. The van der Waals surface area contributed by atoms with Crippen LogP contribution in [0.2, 0.25) is 0 Å². The van der Waals surface area contributed by atoms with Gasteiger partial charge in [-0.2, -0.15) is 0 Å². The number of ether oxygens (including phenoxy) is 1. The van der Waals surface area contributed by atoms with Crippen LogP contribution < -0.4 is 9.46 Å². The lowest BCUT2D eigenvalue weighted by Crippen LogP contribution is -2.46. The van der Waals surface area contributed by atoms with E-state index in [4.69, 9.17) is 4.74 Å². The van der Waals surface area contributed by atoms with Crippen LogP contribution in [-0.2, 0) is 19.9 Å². The Morgan fingerprint density at radius 1 is 1.25 bits per heavy atom. The van der Waals surface area contributed by atoms with E-state index in [0.29, 0.717) is 5.75 Å². The van der Waals surface area contributed by atoms with Crippen LogP contribution in [0.3, 0.4) is 0 Å². The van der Waals surface area contributed by atoms with Gasteiger partial charge in [-0.25, -0.2) is 21.6 Å². The van der Waals surface area contributed by atoms with Crippen LogP contribution in [0.25, 0.3) is 0 Å². The number of methoxy groups -OCH3 is 1. The molecule has 0 unspecified atom stereocenters. The quantitative estimate of drug-likeness (QED) is 0.875. The Hall–Kier alpha value is -1.12. The third kappa shape index (κ3) is 3.31. The summed E-state index contributed by atoms with van der Waals surface area (Å²) < 4.78 is 55.0. The molecule has 8 heteroatoms. The van der Waals surface area contributed by atoms with E-state index < -0.39 is 25.4 Å². The Morgan fingerprint density at radius 3 is 2.30 bits per heavy atom. The Bertz CT molecular complexity index is 694. The summed E-state index contributed by atoms with van der Waals surface area (Å²) >= 11 is 0. The second kappa shape index (κ2) is 5.01. The highest BCUT2D eigenvalue weighted by Gasteiger charge is 2.41. The summed E-state index contributed by atoms with van der Waals surface area (Å²) in [6.45, 7) is 1.61. The molecule has 112 valence electrons. The van der Waals surface area contributed by atoms with Crippen molar-refractivity contribution in [1.82, 2.24) is 4.72 Å². The molecular weight excluding hydrogens is 302 g/mol. The molecule has 1 saturated heterocycles. The van der Waals surface area contributed by atoms with Gasteiger partial charge in [0.2, 0.25) is 10.0 Å². The fourth-order valence-corrected chi connectivity index (χ4v) is 5.85. The third-order valence-electron chi connectivity index (χ3n) is 3.25. The minimum atomic E-state index is -3.75. The van der Waals surface area contributed by atoms with Crippen LogP contribution in [0, 0.1) is 0 Å². The first-order chi connectivity index (χ1) is 9.16. The Labute approximate surface area is 119 Å². The Balaban J connectivity index is 2.23. The molecule has 0 spiro atoms. The van der Waals surface area contributed by atoms with Crippen molar-refractivity contribution in [3.8, 4) is 5.75 Å². The SMILES string of the molecule is COc1ccc(S(=O)(=O)N[C@]2(C)CCS(=O)(=O)C2)cc1. The predicted molar refractivity (Wildman–Crippen MR) is 75.0 cm³/mol. The maximum Gasteiger partial charge on any atom is 0.241 e. The maximum atomic E-state index is 12.3. The summed E-state index contributed by atoms with van der Waals surface area (Å²) in [6, 6.07) is 5.94. The molecule has 6 nitrogen and oxygen atoms in total. The first kappa shape index (κ1) is 15.3. The largest absolute Gasteiger partial charge is 0.497 e. The highest BCUT2D eigenvalue weighted by atomic mass is 32.2. The zero-order valence-electron chi connectivity index (χ0n) is 11.3. The molecule has 1 fully saturated rings. The van der Waals surface area contributed by atoms with Crippen molar-refractivity contribution < 1.29 is 21.6 Å². The average molecular weight is 319 g/mol. The highest BCUT2D eigenvalue weighted by Crippen LogP contribution is 2.25. The number of nitrogens with one attached hydrogen (secondary N) is 1. The Morgan fingerprint density at radius 2 is 1.85 bits per heavy atom. The zero-order chi connectivity index (χ0) is 15.0. The summed E-state index contributed by atoms with van der Waals surface area (Å²) in [4.78, 5) is 0.0869. The van der Waals surface area contributed by atoms with E-state index in [0.717, 1.165) is 0 Å². The van der Waals surface area contributed by atoms with E-state index >= 15 is 0 Å². The number of sulfonamides is 1. The molecule has 1 heterocycles. The van der Waals surface area contributed by atoms with Gasteiger partial charge >= 0.3 is 0 Å². The Kier molecular flexibility index (Phi) is 3.83. The molecule has 0 saturated carbocycles. The minimum Gasteiger partial charge on any atom is -0.497 e. The lowest BCUT2D eigenvalue weighted by Gasteiger charge is -2.23. The molecule has 20 heavy (non-hydrogen) atoms. The van der Waals surface area contributed by atoms with Crippen molar-refractivity contribution in [2.45, 2.75) is 23.8 Å². The summed E-state index contributed by atoms with van der Waals surface area (Å²) in [5.41, 5.74) is -0.947. The fraction of sp³-hybridized carbons (Fsp3) is 0.500. The molecule has 0 radical (unpaired) electrons. The van der Waals surface area contributed by atoms with Crippen molar-refractivity contribution in [1.29, 1.82) is 0 Å². The predicted octanol–water partition coefficient (Wildman–Crippen LogP) is 0.551. The molecule has 1 N–H and O–H groups in total. The number of hydrogen-bond acceptors (Lipinski definition) is 5. The van der Waals surface area contributed by atoms with Gasteiger partial charge in [0.1, 0.15) is 5.75 Å². The summed E-state index contributed by atoms with van der Waals surface area (Å²) in [6.07, 6.45) is 0.282. The summed E-state index contributed by atoms with van der Waals surface area (Å²) in [5.74, 6) is 0.392. The van der Waals surface area contributed by atoms with Gasteiger partial charge in [-0.1, -0.05) is 0 Å². The molecule has 0 aromatic heterocycles. The van der Waals surface area contributed by atoms with Crippen LogP contribution in [0.4, 0.5) is 0 Å². The van der Waals surface area contributed by atoms with Crippen LogP contribution in [-0.4, -0.2) is 41.0 Å². The topological polar surface area (TPSA) is 89.5 Å². The molecular formula is C12H17NO5S2. The van der Waals surface area contributed by atoms with Gasteiger partial charge in [0.05, 0.1) is 23.5 Å². The standard InChI is InChI=1S/C12H17NO5S2/c1-12(7-8-19(14,15)9-12)13-20(16,17)11-5-3-10(18-2)4-6-11/h3-6,13H,7-9H2,1-2H3/t12-/m1/s1. The summed E-state index contributed by atoms with van der Waals surface area (Å²) in [7, 11) is -5.42. The van der Waals surface area contributed by atoms with Crippen molar-refractivity contribution in [3.05, 3.63) is 24.3 Å². The molecule has 1 aromatic rings. The highest BCUT2D eigenvalue weighted by molar-refractivity contribution is 7.92. The summed E-state index contributed by atoms with van der Waals surface area (Å²) in [5, 5.41) is 0. The van der Waals surface area contributed by atoms with Crippen molar-refractivity contribution in [2.75, 3.05) is 18.6 Å². The first-order valence-corrected chi connectivity index (χ1v) is 9.35. The van der Waals surface area contributed by atoms with Gasteiger partial charge in [0, 0.05) is 5.54 Å². The van der Waals surface area contributed by atoms with Crippen LogP contribution >= 0.6 is 0 Å². The molecule has 2 rings (SSSR count). The zero-order valence-corrected chi connectivity index (χ0v) is 12.9. The van der Waals surface area contributed by atoms with E-state index in [1.165, 1.54) is 19.2 Å². The van der Waals surface area contributed by atoms with Gasteiger partial charge in [0.15, 0.2) is 9.84 Å². The second-order valence-corrected chi connectivity index (χ2v) is 9.05. The van der Waals surface area contributed by atoms with Gasteiger partial charge in [-0.3, -0.25) is 0 Å². The van der Waals surface area contributed by atoms with Crippen molar-refractivity contribution >= 4 is 19.9 Å². The minimum absolute atomic E-state index is 0.00856. The number of hydrogen-bond donors (Lipinski definition) is 1. The van der Waals surface area contributed by atoms with Crippen LogP contribution in [0.5, 0.6) is 5.75 Å².